The summed E-state index contributed by atoms with van der Waals surface area (Å²) in [5, 5.41) is 10.1. The Hall–Kier alpha value is -2.04. The molecule has 2 heterocycles. The number of hydrogen-bond acceptors (Lipinski definition) is 3. The van der Waals surface area contributed by atoms with Crippen LogP contribution in [0, 0.1) is 5.41 Å². The van der Waals surface area contributed by atoms with Gasteiger partial charge in [-0.1, -0.05) is 20.8 Å². The minimum Gasteiger partial charge on any atom is -0.508 e. The van der Waals surface area contributed by atoms with Crippen molar-refractivity contribution in [2.45, 2.75) is 45.4 Å². The number of amides is 2. The summed E-state index contributed by atoms with van der Waals surface area (Å²) in [5.74, 6) is 0.444. The number of piperidine rings is 1. The predicted molar refractivity (Wildman–Crippen MR) is 96.6 cm³/mol. The van der Waals surface area contributed by atoms with Gasteiger partial charge in [-0.25, -0.2) is 0 Å². The van der Waals surface area contributed by atoms with E-state index >= 15 is 0 Å². The first-order chi connectivity index (χ1) is 11.6. The summed E-state index contributed by atoms with van der Waals surface area (Å²) in [5.41, 5.74) is 0.900. The van der Waals surface area contributed by atoms with Crippen molar-refractivity contribution in [2.75, 3.05) is 26.7 Å². The Bertz CT molecular complexity index is 697. The number of benzene rings is 1. The second-order valence-electron chi connectivity index (χ2n) is 8.53. The van der Waals surface area contributed by atoms with Crippen LogP contribution in [0.25, 0.3) is 0 Å². The molecule has 2 saturated heterocycles. The van der Waals surface area contributed by atoms with Gasteiger partial charge in [-0.05, 0) is 42.9 Å². The Morgan fingerprint density at radius 1 is 1.12 bits per heavy atom. The summed E-state index contributed by atoms with van der Waals surface area (Å²) >= 11 is 0. The highest BCUT2D eigenvalue weighted by molar-refractivity contribution is 5.95. The average molecular weight is 344 g/mol. The van der Waals surface area contributed by atoms with Gasteiger partial charge in [0.15, 0.2) is 0 Å². The Balaban J connectivity index is 1.74. The van der Waals surface area contributed by atoms with Gasteiger partial charge in [0, 0.05) is 37.8 Å². The molecule has 0 radical (unpaired) electrons. The van der Waals surface area contributed by atoms with Crippen molar-refractivity contribution in [3.63, 3.8) is 0 Å². The number of nitrogens with zero attached hydrogens (tertiary/aromatic N) is 2. The number of aromatic hydroxyl groups is 1. The van der Waals surface area contributed by atoms with Crippen LogP contribution in [0.5, 0.6) is 5.75 Å². The molecule has 5 heteroatoms. The Morgan fingerprint density at radius 2 is 1.72 bits per heavy atom. The number of rotatable bonds is 1. The Morgan fingerprint density at radius 3 is 2.24 bits per heavy atom. The second kappa shape index (κ2) is 6.04. The fourth-order valence-corrected chi connectivity index (χ4v) is 4.05. The summed E-state index contributed by atoms with van der Waals surface area (Å²) in [6.45, 7) is 8.10. The average Bonchev–Trinajstić information content (AvgIpc) is 2.83. The van der Waals surface area contributed by atoms with Crippen LogP contribution in [0.15, 0.2) is 18.2 Å². The predicted octanol–water partition coefficient (Wildman–Crippen LogP) is 2.77. The van der Waals surface area contributed by atoms with E-state index in [1.807, 2.05) is 37.6 Å². The highest BCUT2D eigenvalue weighted by Crippen LogP contribution is 2.41. The van der Waals surface area contributed by atoms with Crippen molar-refractivity contribution in [3.05, 3.63) is 29.3 Å². The number of likely N-dealkylation sites (tertiary alicyclic amines) is 2. The van der Waals surface area contributed by atoms with Crippen LogP contribution in [0.1, 0.15) is 56.0 Å². The van der Waals surface area contributed by atoms with Gasteiger partial charge in [0.1, 0.15) is 5.75 Å². The first kappa shape index (κ1) is 17.8. The monoisotopic (exact) mass is 344 g/mol. The van der Waals surface area contributed by atoms with E-state index in [0.717, 1.165) is 31.4 Å². The molecule has 1 N–H and O–H groups in total. The highest BCUT2D eigenvalue weighted by Gasteiger charge is 2.47. The van der Waals surface area contributed by atoms with Gasteiger partial charge in [-0.2, -0.15) is 0 Å². The third-order valence-corrected chi connectivity index (χ3v) is 5.79. The first-order valence-corrected chi connectivity index (χ1v) is 9.02. The lowest BCUT2D eigenvalue weighted by molar-refractivity contribution is -0.137. The molecule has 0 saturated carbocycles. The zero-order valence-corrected chi connectivity index (χ0v) is 15.6. The van der Waals surface area contributed by atoms with Crippen LogP contribution >= 0.6 is 0 Å². The fourth-order valence-electron chi connectivity index (χ4n) is 4.05. The third-order valence-electron chi connectivity index (χ3n) is 5.79. The molecule has 2 aliphatic heterocycles. The molecule has 2 aliphatic rings. The maximum atomic E-state index is 12.9. The molecule has 25 heavy (non-hydrogen) atoms. The number of hydrogen-bond donors (Lipinski definition) is 1. The van der Waals surface area contributed by atoms with Crippen molar-refractivity contribution in [1.29, 1.82) is 0 Å². The van der Waals surface area contributed by atoms with E-state index in [1.54, 1.807) is 18.2 Å². The molecule has 1 aromatic carbocycles. The maximum Gasteiger partial charge on any atom is 0.253 e. The molecule has 2 amide bonds. The zero-order chi connectivity index (χ0) is 18.4. The molecule has 1 spiro atoms. The van der Waals surface area contributed by atoms with Gasteiger partial charge in [-0.15, -0.1) is 0 Å². The third kappa shape index (κ3) is 3.12. The molecule has 2 fully saturated rings. The van der Waals surface area contributed by atoms with Crippen LogP contribution in [0.2, 0.25) is 0 Å². The Labute approximate surface area is 149 Å². The topological polar surface area (TPSA) is 60.9 Å². The summed E-state index contributed by atoms with van der Waals surface area (Å²) < 4.78 is 0. The molecule has 0 atom stereocenters. The van der Waals surface area contributed by atoms with Crippen molar-refractivity contribution < 1.29 is 14.7 Å². The summed E-state index contributed by atoms with van der Waals surface area (Å²) in [4.78, 5) is 29.0. The van der Waals surface area contributed by atoms with E-state index in [0.29, 0.717) is 18.7 Å². The van der Waals surface area contributed by atoms with E-state index in [-0.39, 0.29) is 28.4 Å². The van der Waals surface area contributed by atoms with Crippen molar-refractivity contribution in [2.24, 2.45) is 5.41 Å². The van der Waals surface area contributed by atoms with Gasteiger partial charge in [-0.3, -0.25) is 9.59 Å². The summed E-state index contributed by atoms with van der Waals surface area (Å²) in [7, 11) is 1.86. The normalized spacial score (nSPS) is 20.4. The lowest BCUT2D eigenvalue weighted by atomic mass is 9.77. The minimum absolute atomic E-state index is 0.0147. The standard InChI is InChI=1S/C20H28N2O3/c1-19(2,3)15-13-14(5-6-16(15)23)17(24)22-11-8-20(9-12-22)7-10-21(4)18(20)25/h5-6,13,23H,7-12H2,1-4H3. The van der Waals surface area contributed by atoms with Crippen molar-refractivity contribution in [1.82, 2.24) is 9.80 Å². The van der Waals surface area contributed by atoms with Crippen LogP contribution in [-0.2, 0) is 10.2 Å². The van der Waals surface area contributed by atoms with E-state index in [2.05, 4.69) is 0 Å². The molecule has 0 unspecified atom stereocenters. The second-order valence-corrected chi connectivity index (χ2v) is 8.53. The van der Waals surface area contributed by atoms with Crippen LogP contribution in [0.4, 0.5) is 0 Å². The number of carbonyl (C=O) groups excluding carboxylic acids is 2. The molecule has 0 bridgehead atoms. The molecule has 1 aromatic rings. The zero-order valence-electron chi connectivity index (χ0n) is 15.6. The number of phenols is 1. The maximum absolute atomic E-state index is 12.9. The van der Waals surface area contributed by atoms with E-state index in [1.165, 1.54) is 0 Å². The smallest absolute Gasteiger partial charge is 0.253 e. The molecule has 0 aromatic heterocycles. The van der Waals surface area contributed by atoms with Crippen molar-refractivity contribution >= 4 is 11.8 Å². The molecule has 136 valence electrons. The molecule has 0 aliphatic carbocycles. The fraction of sp³-hybridized carbons (Fsp3) is 0.600. The Kier molecular flexibility index (Phi) is 4.30. The molecular weight excluding hydrogens is 316 g/mol. The van der Waals surface area contributed by atoms with Gasteiger partial charge in [0.25, 0.3) is 5.91 Å². The number of carbonyl (C=O) groups is 2. The minimum atomic E-state index is -0.253. The molecule has 3 rings (SSSR count). The van der Waals surface area contributed by atoms with Crippen LogP contribution in [-0.4, -0.2) is 53.4 Å². The van der Waals surface area contributed by atoms with Gasteiger partial charge < -0.3 is 14.9 Å². The lowest BCUT2D eigenvalue weighted by Gasteiger charge is -2.38. The van der Waals surface area contributed by atoms with Crippen LogP contribution < -0.4 is 0 Å². The van der Waals surface area contributed by atoms with E-state index in [4.69, 9.17) is 0 Å². The van der Waals surface area contributed by atoms with Crippen molar-refractivity contribution in [3.8, 4) is 5.75 Å². The van der Waals surface area contributed by atoms with Crippen LogP contribution in [0.3, 0.4) is 0 Å². The lowest BCUT2D eigenvalue weighted by Crippen LogP contribution is -2.46. The van der Waals surface area contributed by atoms with Gasteiger partial charge in [0.2, 0.25) is 5.91 Å². The molecule has 5 nitrogen and oxygen atoms in total. The first-order valence-electron chi connectivity index (χ1n) is 9.02. The molecular formula is C20H28N2O3. The number of phenolic OH excluding ortho intramolecular Hbond substituents is 1. The van der Waals surface area contributed by atoms with Gasteiger partial charge in [0.05, 0.1) is 5.41 Å². The summed E-state index contributed by atoms with van der Waals surface area (Å²) in [6.07, 6.45) is 2.38. The largest absolute Gasteiger partial charge is 0.508 e. The van der Waals surface area contributed by atoms with E-state index in [9.17, 15) is 14.7 Å². The van der Waals surface area contributed by atoms with E-state index < -0.39 is 0 Å². The highest BCUT2D eigenvalue weighted by atomic mass is 16.3. The SMILES string of the molecule is CN1CCC2(CCN(C(=O)c3ccc(O)c(C(C)(C)C)c3)CC2)C1=O. The summed E-state index contributed by atoms with van der Waals surface area (Å²) in [6, 6.07) is 5.09. The van der Waals surface area contributed by atoms with Gasteiger partial charge >= 0.3 is 0 Å². The quantitative estimate of drug-likeness (QED) is 0.852.